The van der Waals surface area contributed by atoms with Crippen LogP contribution in [0.5, 0.6) is 0 Å². The largest absolute Gasteiger partial charge is 1.00 e. The summed E-state index contributed by atoms with van der Waals surface area (Å²) in [5, 5.41) is 0. The van der Waals surface area contributed by atoms with E-state index in [1.807, 2.05) is 12.2 Å². The molecule has 107 valence electrons. The van der Waals surface area contributed by atoms with Crippen LogP contribution in [0, 0.1) is 6.08 Å². The second-order valence-corrected chi connectivity index (χ2v) is 6.56. The van der Waals surface area contributed by atoms with Gasteiger partial charge in [-0.3, -0.25) is 10.9 Å². The molecule has 2 nitrogen and oxygen atoms in total. The Morgan fingerprint density at radius 2 is 1.78 bits per heavy atom. The molecular weight excluding hydrogens is 346 g/mol. The maximum absolute atomic E-state index is 10.7. The zero-order chi connectivity index (χ0) is 11.0. The predicted octanol–water partition coefficient (Wildman–Crippen LogP) is -6.38. The molecule has 0 unspecified atom stereocenters. The molecule has 0 aromatic carbocycles. The van der Waals surface area contributed by atoms with Crippen molar-refractivity contribution in [3.05, 3.63) is 23.8 Å². The molecule has 0 saturated heterocycles. The summed E-state index contributed by atoms with van der Waals surface area (Å²) in [4.78, 5) is 10.7. The van der Waals surface area contributed by atoms with E-state index in [0.29, 0.717) is 6.42 Å². The normalized spacial score (nSPS) is 10.4. The fourth-order valence-corrected chi connectivity index (χ4v) is 0.799. The van der Waals surface area contributed by atoms with Gasteiger partial charge in [0.15, 0.2) is 0 Å². The minimum atomic E-state index is -0.200. The number of ether oxygens (including phenoxy) is 1. The van der Waals surface area contributed by atoms with E-state index in [2.05, 4.69) is 30.5 Å². The van der Waals surface area contributed by atoms with Crippen LogP contribution in [0.25, 0.3) is 0 Å². The van der Waals surface area contributed by atoms with Gasteiger partial charge in [0, 0.05) is 36.9 Å². The second-order valence-electron chi connectivity index (χ2n) is 3.56. The Bertz CT molecular complexity index is 244. The summed E-state index contributed by atoms with van der Waals surface area (Å²) in [5.74, 6) is -0.200. The minimum Gasteiger partial charge on any atom is -1.00 e. The van der Waals surface area contributed by atoms with E-state index in [1.165, 1.54) is 7.11 Å². The summed E-state index contributed by atoms with van der Waals surface area (Å²) < 4.78 is 4.48. The van der Waals surface area contributed by atoms with Crippen LogP contribution in [0.1, 0.15) is 12.8 Å². The number of hydrogen-bond acceptors (Lipinski definition) is 2. The Morgan fingerprint density at radius 1 is 1.33 bits per heavy atom. The SMILES string of the molecule is COC(=O)CC1=[C-]CC=C1.C[Si](C)C.[Cl-].[Cl-].[Cl-].[Ti]. The molecule has 7 heteroatoms. The van der Waals surface area contributed by atoms with Crippen LogP contribution in [0.15, 0.2) is 17.7 Å². The van der Waals surface area contributed by atoms with E-state index in [-0.39, 0.29) is 73.7 Å². The maximum Gasteiger partial charge on any atom is 0.306 e. The van der Waals surface area contributed by atoms with Crippen molar-refractivity contribution >= 4 is 14.8 Å². The Balaban J connectivity index is -0.0000000635. The van der Waals surface area contributed by atoms with Crippen LogP contribution in [0.4, 0.5) is 0 Å². The van der Waals surface area contributed by atoms with Crippen molar-refractivity contribution in [3.63, 3.8) is 0 Å². The summed E-state index contributed by atoms with van der Waals surface area (Å²) in [7, 11) is 1.51. The molecule has 0 fully saturated rings. The standard InChI is InChI=1S/C8H9O2.C3H9Si.3ClH.Ti/c1-10-8(9)6-7-4-2-3-5-7;1-4(2)3;;;;/h2,4H,3,6H2,1H3;1-3H3;3*1H;/q-1;;;;;/p-3. The number of esters is 1. The van der Waals surface area contributed by atoms with Crippen molar-refractivity contribution in [1.82, 2.24) is 0 Å². The van der Waals surface area contributed by atoms with Crippen molar-refractivity contribution in [2.24, 2.45) is 0 Å². The molecule has 0 aliphatic heterocycles. The van der Waals surface area contributed by atoms with E-state index in [4.69, 9.17) is 0 Å². The monoisotopic (exact) mass is 363 g/mol. The molecule has 0 aromatic rings. The Hall–Kier alpha value is 0.751. The van der Waals surface area contributed by atoms with Gasteiger partial charge in [0.2, 0.25) is 0 Å². The van der Waals surface area contributed by atoms with E-state index in [9.17, 15) is 4.79 Å². The van der Waals surface area contributed by atoms with Gasteiger partial charge in [-0.25, -0.2) is 11.6 Å². The van der Waals surface area contributed by atoms with Crippen molar-refractivity contribution < 1.29 is 68.5 Å². The van der Waals surface area contributed by atoms with Crippen molar-refractivity contribution in [2.45, 2.75) is 32.5 Å². The number of hydrogen-bond donors (Lipinski definition) is 0. The van der Waals surface area contributed by atoms with Gasteiger partial charge in [0.05, 0.1) is 7.11 Å². The van der Waals surface area contributed by atoms with Crippen molar-refractivity contribution in [2.75, 3.05) is 7.11 Å². The first-order valence-electron chi connectivity index (χ1n) is 4.66. The predicted molar refractivity (Wildman–Crippen MR) is 60.5 cm³/mol. The number of methoxy groups -OCH3 is 1. The zero-order valence-corrected chi connectivity index (χ0v) is 15.8. The van der Waals surface area contributed by atoms with Gasteiger partial charge in [0.25, 0.3) is 0 Å². The minimum absolute atomic E-state index is 0. The van der Waals surface area contributed by atoms with Crippen LogP contribution >= 0.6 is 0 Å². The van der Waals surface area contributed by atoms with Gasteiger partial charge >= 0.3 is 5.97 Å². The number of halogens is 3. The van der Waals surface area contributed by atoms with Crippen LogP contribution in [0.2, 0.25) is 19.6 Å². The van der Waals surface area contributed by atoms with E-state index < -0.39 is 0 Å². The zero-order valence-electron chi connectivity index (χ0n) is 11.0. The molecule has 1 aliphatic rings. The molecule has 0 saturated carbocycles. The third kappa shape index (κ3) is 22.0. The fourth-order valence-electron chi connectivity index (χ4n) is 0.799. The summed E-state index contributed by atoms with van der Waals surface area (Å²) in [6, 6.07) is 0. The molecule has 0 spiro atoms. The molecule has 0 atom stereocenters. The molecule has 0 aromatic heterocycles. The van der Waals surface area contributed by atoms with Crippen molar-refractivity contribution in [3.8, 4) is 0 Å². The van der Waals surface area contributed by atoms with Gasteiger partial charge < -0.3 is 42.0 Å². The Kier molecular flexibility index (Phi) is 34.9. The quantitative estimate of drug-likeness (QED) is 0.277. The first-order chi connectivity index (χ1) is 6.56. The molecule has 0 N–H and O–H groups in total. The fraction of sp³-hybridized carbons (Fsp3) is 0.545. The van der Waals surface area contributed by atoms with E-state index in [0.717, 1.165) is 12.0 Å². The van der Waals surface area contributed by atoms with E-state index in [1.54, 1.807) is 0 Å². The summed E-state index contributed by atoms with van der Waals surface area (Å²) in [5.41, 5.74) is 0.937. The maximum atomic E-state index is 10.7. The van der Waals surface area contributed by atoms with Gasteiger partial charge in [0.1, 0.15) is 0 Å². The third-order valence-corrected chi connectivity index (χ3v) is 1.33. The molecule has 0 heterocycles. The van der Waals surface area contributed by atoms with Crippen LogP contribution < -0.4 is 37.2 Å². The molecule has 1 rings (SSSR count). The smallest absolute Gasteiger partial charge is 0.306 e. The number of carbonyl (C=O) groups excluding carboxylic acids is 1. The van der Waals surface area contributed by atoms with Gasteiger partial charge in [-0.1, -0.05) is 19.6 Å². The van der Waals surface area contributed by atoms with Gasteiger partial charge in [-0.15, -0.1) is 6.42 Å². The topological polar surface area (TPSA) is 26.3 Å². The molecule has 18 heavy (non-hydrogen) atoms. The van der Waals surface area contributed by atoms with Crippen LogP contribution in [-0.2, 0) is 31.2 Å². The molecular formula is C11H18Cl3O2SiTi-4. The first-order valence-corrected chi connectivity index (χ1v) is 7.66. The first kappa shape index (κ1) is 31.2. The van der Waals surface area contributed by atoms with Gasteiger partial charge in [-0.05, 0) is 0 Å². The molecule has 1 radical (unpaired) electrons. The van der Waals surface area contributed by atoms with Crippen LogP contribution in [-0.4, -0.2) is 21.9 Å². The molecule has 0 bridgehead atoms. The van der Waals surface area contributed by atoms with Gasteiger partial charge in [-0.2, -0.15) is 6.08 Å². The third-order valence-electron chi connectivity index (χ3n) is 1.33. The Labute approximate surface area is 146 Å². The Morgan fingerprint density at radius 3 is 2.06 bits per heavy atom. The number of carbonyl (C=O) groups is 1. The average molecular weight is 365 g/mol. The average Bonchev–Trinajstić information content (AvgIpc) is 2.55. The summed E-state index contributed by atoms with van der Waals surface area (Å²) in [6.45, 7) is 6.81. The van der Waals surface area contributed by atoms with Crippen LogP contribution in [0.3, 0.4) is 0 Å². The number of allylic oxidation sites excluding steroid dienone is 3. The number of rotatable bonds is 2. The molecule has 0 amide bonds. The van der Waals surface area contributed by atoms with E-state index >= 15 is 0 Å². The second kappa shape index (κ2) is 20.1. The van der Waals surface area contributed by atoms with Crippen molar-refractivity contribution in [1.29, 1.82) is 0 Å². The summed E-state index contributed by atoms with van der Waals surface area (Å²) >= 11 is 0. The summed E-state index contributed by atoms with van der Waals surface area (Å²) in [6.07, 6.45) is 8.08. The molecule has 1 aliphatic carbocycles.